The van der Waals surface area contributed by atoms with Crippen LogP contribution in [0.1, 0.15) is 18.9 Å². The Morgan fingerprint density at radius 2 is 2.00 bits per heavy atom. The normalized spacial score (nSPS) is 10.8. The van der Waals surface area contributed by atoms with Crippen LogP contribution in [0.25, 0.3) is 10.6 Å². The van der Waals surface area contributed by atoms with Gasteiger partial charge in [-0.2, -0.15) is 0 Å². The average Bonchev–Trinajstić information content (AvgIpc) is 2.93. The number of benzene rings is 1. The molecule has 108 valence electrons. The van der Waals surface area contributed by atoms with Crippen molar-refractivity contribution in [1.29, 1.82) is 0 Å². The van der Waals surface area contributed by atoms with Gasteiger partial charge >= 0.3 is 0 Å². The molecule has 0 atom stereocenters. The largest absolute Gasteiger partial charge is 0.497 e. The fraction of sp³-hybridized carbons (Fsp3) is 0.429. The Morgan fingerprint density at radius 3 is 2.65 bits per heavy atom. The zero-order valence-corrected chi connectivity index (χ0v) is 13.0. The fourth-order valence-corrected chi connectivity index (χ4v) is 2.52. The number of rotatable bonds is 6. The van der Waals surface area contributed by atoms with Crippen LogP contribution in [0.15, 0.2) is 18.2 Å². The monoisotopic (exact) mass is 293 g/mol. The summed E-state index contributed by atoms with van der Waals surface area (Å²) in [6, 6.07) is 6.08. The average molecular weight is 293 g/mol. The summed E-state index contributed by atoms with van der Waals surface area (Å²) in [5.74, 6) is 1.54. The van der Waals surface area contributed by atoms with Gasteiger partial charge in [0.15, 0.2) is 5.01 Å². The van der Waals surface area contributed by atoms with Gasteiger partial charge in [0.05, 0.1) is 19.8 Å². The highest BCUT2D eigenvalue weighted by molar-refractivity contribution is 7.14. The molecule has 0 aliphatic carbocycles. The molecular formula is C14H19N3O2S. The summed E-state index contributed by atoms with van der Waals surface area (Å²) in [5.41, 5.74) is 0.903. The Bertz CT molecular complexity index is 569. The van der Waals surface area contributed by atoms with Crippen LogP contribution >= 0.6 is 11.3 Å². The minimum absolute atomic E-state index is 0.425. The summed E-state index contributed by atoms with van der Waals surface area (Å²) in [7, 11) is 3.29. The number of nitrogens with one attached hydrogen (secondary N) is 1. The number of hydrogen-bond acceptors (Lipinski definition) is 6. The first kappa shape index (κ1) is 14.7. The van der Waals surface area contributed by atoms with Crippen LogP contribution in [-0.4, -0.2) is 30.5 Å². The summed E-state index contributed by atoms with van der Waals surface area (Å²) in [4.78, 5) is 0. The maximum absolute atomic E-state index is 5.37. The minimum Gasteiger partial charge on any atom is -0.497 e. The zero-order chi connectivity index (χ0) is 14.5. The predicted molar refractivity (Wildman–Crippen MR) is 80.4 cm³/mol. The lowest BCUT2D eigenvalue weighted by Gasteiger charge is -2.07. The van der Waals surface area contributed by atoms with E-state index in [2.05, 4.69) is 29.4 Å². The van der Waals surface area contributed by atoms with Crippen molar-refractivity contribution in [2.24, 2.45) is 0 Å². The zero-order valence-electron chi connectivity index (χ0n) is 12.1. The SMILES string of the molecule is COc1ccc(OC)c(-c2nnc(CNC(C)C)s2)c1. The van der Waals surface area contributed by atoms with E-state index in [9.17, 15) is 0 Å². The maximum Gasteiger partial charge on any atom is 0.151 e. The summed E-state index contributed by atoms with van der Waals surface area (Å²) in [6.45, 7) is 4.93. The Hall–Kier alpha value is -1.66. The molecule has 0 aliphatic rings. The van der Waals surface area contributed by atoms with Crippen molar-refractivity contribution in [3.63, 3.8) is 0 Å². The molecule has 0 bridgehead atoms. The first-order chi connectivity index (χ1) is 9.63. The number of methoxy groups -OCH3 is 2. The molecule has 0 amide bonds. The molecule has 5 nitrogen and oxygen atoms in total. The van der Waals surface area contributed by atoms with Crippen LogP contribution < -0.4 is 14.8 Å². The van der Waals surface area contributed by atoms with Gasteiger partial charge in [0.25, 0.3) is 0 Å². The molecule has 0 saturated carbocycles. The second kappa shape index (κ2) is 6.67. The number of hydrogen-bond donors (Lipinski definition) is 1. The molecule has 0 unspecified atom stereocenters. The summed E-state index contributed by atoms with van der Waals surface area (Å²) >= 11 is 1.56. The van der Waals surface area contributed by atoms with E-state index < -0.39 is 0 Å². The predicted octanol–water partition coefficient (Wildman–Crippen LogP) is 2.72. The highest BCUT2D eigenvalue weighted by atomic mass is 32.1. The van der Waals surface area contributed by atoms with E-state index in [1.165, 1.54) is 0 Å². The second-order valence-corrected chi connectivity index (χ2v) is 5.66. The van der Waals surface area contributed by atoms with Crippen molar-refractivity contribution in [2.45, 2.75) is 26.4 Å². The Balaban J connectivity index is 2.26. The van der Waals surface area contributed by atoms with Gasteiger partial charge in [-0.05, 0) is 18.2 Å². The lowest BCUT2D eigenvalue weighted by Crippen LogP contribution is -2.21. The molecule has 2 rings (SSSR count). The van der Waals surface area contributed by atoms with Gasteiger partial charge in [-0.15, -0.1) is 10.2 Å². The molecule has 0 saturated heterocycles. The number of aromatic nitrogens is 2. The van der Waals surface area contributed by atoms with Crippen molar-refractivity contribution in [2.75, 3.05) is 14.2 Å². The van der Waals surface area contributed by atoms with E-state index in [-0.39, 0.29) is 0 Å². The van der Waals surface area contributed by atoms with Gasteiger partial charge in [-0.1, -0.05) is 25.2 Å². The van der Waals surface area contributed by atoms with Gasteiger partial charge in [-0.3, -0.25) is 0 Å². The first-order valence-corrected chi connectivity index (χ1v) is 7.24. The molecule has 1 aromatic carbocycles. The molecule has 0 radical (unpaired) electrons. The molecule has 2 aromatic rings. The lowest BCUT2D eigenvalue weighted by molar-refractivity contribution is 0.404. The van der Waals surface area contributed by atoms with Gasteiger partial charge in [-0.25, -0.2) is 0 Å². The molecule has 6 heteroatoms. The summed E-state index contributed by atoms with van der Waals surface area (Å²) in [6.07, 6.45) is 0. The quantitative estimate of drug-likeness (QED) is 0.887. The third kappa shape index (κ3) is 3.46. The summed E-state index contributed by atoms with van der Waals surface area (Å²) < 4.78 is 10.6. The molecule has 20 heavy (non-hydrogen) atoms. The van der Waals surface area contributed by atoms with E-state index in [0.717, 1.165) is 33.6 Å². The molecule has 0 spiro atoms. The van der Waals surface area contributed by atoms with E-state index in [0.29, 0.717) is 6.04 Å². The van der Waals surface area contributed by atoms with Crippen LogP contribution in [0.4, 0.5) is 0 Å². The van der Waals surface area contributed by atoms with Gasteiger partial charge < -0.3 is 14.8 Å². The minimum atomic E-state index is 0.425. The van der Waals surface area contributed by atoms with Crippen molar-refractivity contribution in [3.05, 3.63) is 23.2 Å². The van der Waals surface area contributed by atoms with Crippen molar-refractivity contribution in [1.82, 2.24) is 15.5 Å². The van der Waals surface area contributed by atoms with Crippen LogP contribution in [0.5, 0.6) is 11.5 Å². The molecular weight excluding hydrogens is 274 g/mol. The van der Waals surface area contributed by atoms with Crippen LogP contribution in [0.2, 0.25) is 0 Å². The molecule has 0 fully saturated rings. The van der Waals surface area contributed by atoms with Gasteiger partial charge in [0.2, 0.25) is 0 Å². The van der Waals surface area contributed by atoms with Crippen molar-refractivity contribution in [3.8, 4) is 22.1 Å². The smallest absolute Gasteiger partial charge is 0.151 e. The molecule has 1 heterocycles. The molecule has 0 aliphatic heterocycles. The van der Waals surface area contributed by atoms with Crippen molar-refractivity contribution < 1.29 is 9.47 Å². The highest BCUT2D eigenvalue weighted by Gasteiger charge is 2.13. The number of ether oxygens (including phenoxy) is 2. The van der Waals surface area contributed by atoms with E-state index in [1.807, 2.05) is 18.2 Å². The first-order valence-electron chi connectivity index (χ1n) is 6.42. The molecule has 1 aromatic heterocycles. The highest BCUT2D eigenvalue weighted by Crippen LogP contribution is 2.34. The molecule has 1 N–H and O–H groups in total. The second-order valence-electron chi connectivity index (χ2n) is 4.60. The van der Waals surface area contributed by atoms with Crippen LogP contribution in [0, 0.1) is 0 Å². The topological polar surface area (TPSA) is 56.3 Å². The van der Waals surface area contributed by atoms with Crippen LogP contribution in [-0.2, 0) is 6.54 Å². The van der Waals surface area contributed by atoms with E-state index >= 15 is 0 Å². The Morgan fingerprint density at radius 1 is 1.20 bits per heavy atom. The summed E-state index contributed by atoms with van der Waals surface area (Å²) in [5, 5.41) is 13.6. The van der Waals surface area contributed by atoms with E-state index in [1.54, 1.807) is 25.6 Å². The van der Waals surface area contributed by atoms with Crippen LogP contribution in [0.3, 0.4) is 0 Å². The van der Waals surface area contributed by atoms with E-state index in [4.69, 9.17) is 9.47 Å². The third-order valence-electron chi connectivity index (χ3n) is 2.77. The van der Waals surface area contributed by atoms with Gasteiger partial charge in [0, 0.05) is 12.6 Å². The third-order valence-corrected chi connectivity index (χ3v) is 3.72. The van der Waals surface area contributed by atoms with Crippen molar-refractivity contribution >= 4 is 11.3 Å². The Labute approximate surface area is 123 Å². The fourth-order valence-electron chi connectivity index (χ4n) is 1.71. The lowest BCUT2D eigenvalue weighted by atomic mass is 10.2. The Kier molecular flexibility index (Phi) is 4.92. The van der Waals surface area contributed by atoms with Gasteiger partial charge in [0.1, 0.15) is 16.5 Å². The maximum atomic E-state index is 5.37. The number of nitrogens with zero attached hydrogens (tertiary/aromatic N) is 2. The standard InChI is InChI=1S/C14H19N3O2S/c1-9(2)15-8-13-16-17-14(20-13)11-7-10(18-3)5-6-12(11)19-4/h5-7,9,15H,8H2,1-4H3.